The Balaban J connectivity index is 1.83. The van der Waals surface area contributed by atoms with Gasteiger partial charge in [-0.15, -0.1) is 0 Å². The van der Waals surface area contributed by atoms with Crippen molar-refractivity contribution in [2.45, 2.75) is 18.4 Å². The van der Waals surface area contributed by atoms with Crippen molar-refractivity contribution in [3.63, 3.8) is 0 Å². The molecule has 0 amide bonds. The van der Waals surface area contributed by atoms with Gasteiger partial charge in [0, 0.05) is 6.54 Å². The highest BCUT2D eigenvalue weighted by molar-refractivity contribution is 5.66. The fraction of sp³-hybridized carbons (Fsp3) is 0.172. The standard InChI is InChI=1S/C29H27N/c1-30(2)21-22-16-18-26(19-17-22)29(25-12-4-3-5-13-25)27-14-8-6-10-23(27)20-24-11-7-9-15-28(24)29/h3-19H,20-21H2,1-2H3. The lowest BCUT2D eigenvalue weighted by atomic mass is 9.59. The molecule has 1 nitrogen and oxygen atoms in total. The summed E-state index contributed by atoms with van der Waals surface area (Å²) in [6.45, 7) is 0.950. The van der Waals surface area contributed by atoms with Crippen molar-refractivity contribution >= 4 is 0 Å². The van der Waals surface area contributed by atoms with Crippen LogP contribution in [0.25, 0.3) is 0 Å². The molecule has 148 valence electrons. The van der Waals surface area contributed by atoms with E-state index in [1.54, 1.807) is 0 Å². The van der Waals surface area contributed by atoms with E-state index in [2.05, 4.69) is 122 Å². The largest absolute Gasteiger partial charge is 0.305 e. The monoisotopic (exact) mass is 389 g/mol. The van der Waals surface area contributed by atoms with Gasteiger partial charge in [0.2, 0.25) is 0 Å². The number of rotatable bonds is 4. The molecule has 30 heavy (non-hydrogen) atoms. The molecule has 0 heterocycles. The second kappa shape index (κ2) is 7.59. The zero-order chi connectivity index (χ0) is 20.6. The molecule has 4 aromatic carbocycles. The molecule has 0 aromatic heterocycles. The molecule has 0 N–H and O–H groups in total. The first-order valence-electron chi connectivity index (χ1n) is 10.7. The summed E-state index contributed by atoms with van der Waals surface area (Å²) in [5, 5.41) is 0. The van der Waals surface area contributed by atoms with Gasteiger partial charge in [-0.05, 0) is 59.5 Å². The fourth-order valence-corrected chi connectivity index (χ4v) is 5.13. The van der Waals surface area contributed by atoms with Gasteiger partial charge in [0.1, 0.15) is 0 Å². The molecule has 0 saturated heterocycles. The Labute approximate surface area is 179 Å². The molecule has 5 rings (SSSR count). The lowest BCUT2D eigenvalue weighted by molar-refractivity contribution is 0.402. The summed E-state index contributed by atoms with van der Waals surface area (Å²) in [6.07, 6.45) is 0.986. The van der Waals surface area contributed by atoms with Crippen molar-refractivity contribution in [1.29, 1.82) is 0 Å². The summed E-state index contributed by atoms with van der Waals surface area (Å²) < 4.78 is 0. The number of benzene rings is 4. The first-order chi connectivity index (χ1) is 14.7. The average molecular weight is 390 g/mol. The van der Waals surface area contributed by atoms with Crippen molar-refractivity contribution in [3.05, 3.63) is 142 Å². The van der Waals surface area contributed by atoms with E-state index >= 15 is 0 Å². The number of fused-ring (bicyclic) bond motifs is 2. The van der Waals surface area contributed by atoms with E-state index in [1.807, 2.05) is 0 Å². The average Bonchev–Trinajstić information content (AvgIpc) is 2.78. The second-order valence-electron chi connectivity index (χ2n) is 8.54. The maximum Gasteiger partial charge on any atom is 0.0707 e. The topological polar surface area (TPSA) is 3.24 Å². The first-order valence-corrected chi connectivity index (χ1v) is 10.7. The van der Waals surface area contributed by atoms with Crippen LogP contribution in [0.5, 0.6) is 0 Å². The molecule has 1 heteroatoms. The molecule has 0 fully saturated rings. The Bertz CT molecular complexity index is 1110. The molecular formula is C29H27N. The van der Waals surface area contributed by atoms with E-state index in [0.29, 0.717) is 0 Å². The minimum absolute atomic E-state index is 0.302. The zero-order valence-electron chi connectivity index (χ0n) is 17.7. The highest BCUT2D eigenvalue weighted by Gasteiger charge is 2.43. The molecule has 0 aliphatic heterocycles. The van der Waals surface area contributed by atoms with Crippen molar-refractivity contribution in [3.8, 4) is 0 Å². The van der Waals surface area contributed by atoms with Gasteiger partial charge in [0.05, 0.1) is 5.41 Å². The Hall–Kier alpha value is -3.16. The molecule has 0 bridgehead atoms. The first kappa shape index (κ1) is 18.8. The van der Waals surface area contributed by atoms with Crippen LogP contribution in [0.15, 0.2) is 103 Å². The van der Waals surface area contributed by atoms with Crippen molar-refractivity contribution in [2.75, 3.05) is 14.1 Å². The molecular weight excluding hydrogens is 362 g/mol. The predicted molar refractivity (Wildman–Crippen MR) is 125 cm³/mol. The molecule has 0 saturated carbocycles. The summed E-state index contributed by atoms with van der Waals surface area (Å²) in [6, 6.07) is 38.2. The van der Waals surface area contributed by atoms with Crippen LogP contribution in [0, 0.1) is 0 Å². The van der Waals surface area contributed by atoms with Crippen LogP contribution in [-0.4, -0.2) is 19.0 Å². The van der Waals surface area contributed by atoms with E-state index in [4.69, 9.17) is 0 Å². The Morgan fingerprint density at radius 2 is 1.10 bits per heavy atom. The van der Waals surface area contributed by atoms with Crippen LogP contribution in [0.3, 0.4) is 0 Å². The van der Waals surface area contributed by atoms with E-state index in [9.17, 15) is 0 Å². The Morgan fingerprint density at radius 1 is 0.600 bits per heavy atom. The molecule has 1 aliphatic rings. The lowest BCUT2D eigenvalue weighted by Gasteiger charge is -2.42. The normalized spacial score (nSPS) is 14.2. The third kappa shape index (κ3) is 2.98. The highest BCUT2D eigenvalue weighted by Crippen LogP contribution is 2.50. The molecule has 0 atom stereocenters. The van der Waals surface area contributed by atoms with Crippen LogP contribution >= 0.6 is 0 Å². The van der Waals surface area contributed by atoms with E-state index in [1.165, 1.54) is 38.9 Å². The van der Waals surface area contributed by atoms with Crippen LogP contribution < -0.4 is 0 Å². The molecule has 4 aromatic rings. The summed E-state index contributed by atoms with van der Waals surface area (Å²) in [4.78, 5) is 2.22. The van der Waals surface area contributed by atoms with Gasteiger partial charge in [0.15, 0.2) is 0 Å². The minimum Gasteiger partial charge on any atom is -0.305 e. The SMILES string of the molecule is CN(C)Cc1ccc(C2(c3ccccc3)c3ccccc3Cc3ccccc32)cc1. The number of nitrogens with zero attached hydrogens (tertiary/aromatic N) is 1. The number of hydrogen-bond acceptors (Lipinski definition) is 1. The Kier molecular flexibility index (Phi) is 4.77. The smallest absolute Gasteiger partial charge is 0.0707 e. The van der Waals surface area contributed by atoms with Gasteiger partial charge < -0.3 is 4.90 Å². The minimum atomic E-state index is -0.302. The summed E-state index contributed by atoms with van der Waals surface area (Å²) >= 11 is 0. The van der Waals surface area contributed by atoms with E-state index in [-0.39, 0.29) is 5.41 Å². The lowest BCUT2D eigenvalue weighted by Crippen LogP contribution is -2.36. The molecule has 1 aliphatic carbocycles. The van der Waals surface area contributed by atoms with Gasteiger partial charge in [-0.25, -0.2) is 0 Å². The van der Waals surface area contributed by atoms with Crippen LogP contribution in [0.4, 0.5) is 0 Å². The van der Waals surface area contributed by atoms with Gasteiger partial charge in [0.25, 0.3) is 0 Å². The van der Waals surface area contributed by atoms with Gasteiger partial charge in [-0.1, -0.05) is 103 Å². The zero-order valence-corrected chi connectivity index (χ0v) is 17.7. The third-order valence-corrected chi connectivity index (χ3v) is 6.32. The van der Waals surface area contributed by atoms with Crippen molar-refractivity contribution in [2.24, 2.45) is 0 Å². The van der Waals surface area contributed by atoms with Crippen LogP contribution in [0.2, 0.25) is 0 Å². The van der Waals surface area contributed by atoms with Gasteiger partial charge in [-0.2, -0.15) is 0 Å². The summed E-state index contributed by atoms with van der Waals surface area (Å²) in [7, 11) is 4.24. The van der Waals surface area contributed by atoms with Crippen molar-refractivity contribution in [1.82, 2.24) is 4.90 Å². The fourth-order valence-electron chi connectivity index (χ4n) is 5.13. The van der Waals surface area contributed by atoms with Crippen LogP contribution in [-0.2, 0) is 18.4 Å². The van der Waals surface area contributed by atoms with Gasteiger partial charge >= 0.3 is 0 Å². The quantitative estimate of drug-likeness (QED) is 0.362. The summed E-state index contributed by atoms with van der Waals surface area (Å²) in [5.74, 6) is 0. The predicted octanol–water partition coefficient (Wildman–Crippen LogP) is 6.04. The number of hydrogen-bond donors (Lipinski definition) is 0. The third-order valence-electron chi connectivity index (χ3n) is 6.32. The highest BCUT2D eigenvalue weighted by atomic mass is 15.0. The van der Waals surface area contributed by atoms with Crippen LogP contribution in [0.1, 0.15) is 38.9 Å². The van der Waals surface area contributed by atoms with Crippen molar-refractivity contribution < 1.29 is 0 Å². The van der Waals surface area contributed by atoms with E-state index < -0.39 is 0 Å². The second-order valence-corrected chi connectivity index (χ2v) is 8.54. The molecule has 0 spiro atoms. The van der Waals surface area contributed by atoms with Gasteiger partial charge in [-0.3, -0.25) is 0 Å². The Morgan fingerprint density at radius 3 is 1.67 bits per heavy atom. The maximum atomic E-state index is 2.34. The molecule has 0 unspecified atom stereocenters. The summed E-state index contributed by atoms with van der Waals surface area (Å²) in [5.41, 5.74) is 9.31. The maximum absolute atomic E-state index is 2.34. The van der Waals surface area contributed by atoms with E-state index in [0.717, 1.165) is 13.0 Å². The molecule has 0 radical (unpaired) electrons.